The SMILES string of the molecule is O[C@H](C[NH+]1CCN(c2ccc(C(F)(F)F)c[nH+]2)CC1)c1ccc2c(c1)OCCO2. The van der Waals surface area contributed by atoms with E-state index in [1.807, 2.05) is 23.1 Å². The minimum absolute atomic E-state index is 0.501. The summed E-state index contributed by atoms with van der Waals surface area (Å²) >= 11 is 0. The van der Waals surface area contributed by atoms with Crippen LogP contribution in [0, 0.1) is 0 Å². The van der Waals surface area contributed by atoms with Crippen molar-refractivity contribution in [3.05, 3.63) is 47.7 Å². The molecule has 2 aliphatic rings. The standard InChI is InChI=1S/C20H22F3N3O3/c21-20(22,23)15-2-4-19(24-12-15)26-7-5-25(6-8-26)13-16(27)14-1-3-17-18(11-14)29-10-9-28-17/h1-4,11-12,16,27H,5-10,13H2/p+2/t16-/m1/s1. The van der Waals surface area contributed by atoms with E-state index in [0.29, 0.717) is 50.2 Å². The van der Waals surface area contributed by atoms with E-state index >= 15 is 0 Å². The predicted molar refractivity (Wildman–Crippen MR) is 98.2 cm³/mol. The topological polar surface area (TPSA) is 60.5 Å². The molecule has 2 aromatic rings. The maximum absolute atomic E-state index is 12.7. The van der Waals surface area contributed by atoms with Gasteiger partial charge >= 0.3 is 6.18 Å². The molecule has 156 valence electrons. The number of piperazine rings is 1. The summed E-state index contributed by atoms with van der Waals surface area (Å²) in [6, 6.07) is 8.06. The van der Waals surface area contributed by atoms with Crippen molar-refractivity contribution in [1.29, 1.82) is 0 Å². The van der Waals surface area contributed by atoms with Crippen LogP contribution in [-0.2, 0) is 6.18 Å². The van der Waals surface area contributed by atoms with Crippen LogP contribution in [0.4, 0.5) is 19.0 Å². The highest BCUT2D eigenvalue weighted by atomic mass is 19.4. The molecule has 0 spiro atoms. The van der Waals surface area contributed by atoms with Crippen LogP contribution >= 0.6 is 0 Å². The van der Waals surface area contributed by atoms with Crippen LogP contribution < -0.4 is 24.3 Å². The van der Waals surface area contributed by atoms with Crippen molar-refractivity contribution in [3.63, 3.8) is 0 Å². The molecule has 3 N–H and O–H groups in total. The van der Waals surface area contributed by atoms with Gasteiger partial charge in [-0.3, -0.25) is 4.90 Å². The number of alkyl halides is 3. The van der Waals surface area contributed by atoms with Crippen LogP contribution in [0.15, 0.2) is 36.5 Å². The maximum atomic E-state index is 12.7. The number of aliphatic hydroxyl groups is 1. The molecular weight excluding hydrogens is 387 g/mol. The first-order valence-corrected chi connectivity index (χ1v) is 9.65. The van der Waals surface area contributed by atoms with Crippen molar-refractivity contribution < 1.29 is 37.6 Å². The van der Waals surface area contributed by atoms with Crippen LogP contribution in [0.5, 0.6) is 11.5 Å². The molecule has 0 amide bonds. The lowest BCUT2D eigenvalue weighted by molar-refractivity contribution is -0.904. The van der Waals surface area contributed by atoms with E-state index in [4.69, 9.17) is 9.47 Å². The number of hydrogen-bond donors (Lipinski definition) is 2. The summed E-state index contributed by atoms with van der Waals surface area (Å²) < 4.78 is 49.2. The largest absolute Gasteiger partial charge is 0.486 e. The molecule has 29 heavy (non-hydrogen) atoms. The Morgan fingerprint density at radius 2 is 1.79 bits per heavy atom. The molecule has 2 aliphatic heterocycles. The average molecular weight is 411 g/mol. The number of H-pyrrole nitrogens is 1. The molecule has 6 nitrogen and oxygen atoms in total. The van der Waals surface area contributed by atoms with Gasteiger partial charge in [-0.2, -0.15) is 13.2 Å². The Bertz CT molecular complexity index is 837. The number of nitrogens with zero attached hydrogens (tertiary/aromatic N) is 1. The van der Waals surface area contributed by atoms with Crippen molar-refractivity contribution in [1.82, 2.24) is 0 Å². The number of rotatable bonds is 4. The zero-order valence-electron chi connectivity index (χ0n) is 15.8. The van der Waals surface area contributed by atoms with Gasteiger partial charge in [0.1, 0.15) is 58.2 Å². The Labute approximate surface area is 166 Å². The van der Waals surface area contributed by atoms with Crippen LogP contribution in [0.1, 0.15) is 17.2 Å². The minimum atomic E-state index is -4.35. The average Bonchev–Trinajstić information content (AvgIpc) is 2.73. The normalized spacial score (nSPS) is 18.6. The van der Waals surface area contributed by atoms with Crippen LogP contribution in [0.25, 0.3) is 0 Å². The third kappa shape index (κ3) is 4.56. The second kappa shape index (κ2) is 8.08. The summed E-state index contributed by atoms with van der Waals surface area (Å²) in [6.45, 7) is 4.56. The summed E-state index contributed by atoms with van der Waals surface area (Å²) in [6.07, 6.45) is -3.97. The summed E-state index contributed by atoms with van der Waals surface area (Å²) in [5.74, 6) is 2.02. The summed E-state index contributed by atoms with van der Waals surface area (Å²) in [5, 5.41) is 10.6. The Morgan fingerprint density at radius 3 is 2.45 bits per heavy atom. The number of nitrogens with one attached hydrogen (secondary N) is 2. The first kappa shape index (κ1) is 19.8. The molecule has 0 bridgehead atoms. The summed E-state index contributed by atoms with van der Waals surface area (Å²) in [5.41, 5.74) is 0.105. The van der Waals surface area contributed by atoms with Crippen molar-refractivity contribution in [2.45, 2.75) is 12.3 Å². The molecule has 1 saturated heterocycles. The maximum Gasteiger partial charge on any atom is 0.419 e. The molecular formula is C20H24F3N3O3+2. The molecule has 0 unspecified atom stereocenters. The van der Waals surface area contributed by atoms with E-state index in [1.165, 1.54) is 11.0 Å². The number of benzene rings is 1. The number of anilines is 1. The van der Waals surface area contributed by atoms with Crippen molar-refractivity contribution >= 4 is 5.82 Å². The van der Waals surface area contributed by atoms with Gasteiger partial charge in [0.15, 0.2) is 11.5 Å². The van der Waals surface area contributed by atoms with Gasteiger partial charge in [-0.1, -0.05) is 6.07 Å². The Kier molecular flexibility index (Phi) is 5.51. The molecule has 0 aliphatic carbocycles. The number of pyridine rings is 1. The monoisotopic (exact) mass is 411 g/mol. The number of aromatic nitrogens is 1. The van der Waals surface area contributed by atoms with E-state index in [1.54, 1.807) is 0 Å². The van der Waals surface area contributed by atoms with Gasteiger partial charge in [-0.05, 0) is 23.8 Å². The quantitative estimate of drug-likeness (QED) is 0.779. The molecule has 1 aromatic carbocycles. The van der Waals surface area contributed by atoms with Crippen molar-refractivity contribution in [2.24, 2.45) is 0 Å². The lowest BCUT2D eigenvalue weighted by Crippen LogP contribution is -3.15. The van der Waals surface area contributed by atoms with Gasteiger partial charge in [0.05, 0.1) is 5.56 Å². The third-order valence-corrected chi connectivity index (χ3v) is 5.37. The van der Waals surface area contributed by atoms with Crippen LogP contribution in [-0.4, -0.2) is 51.0 Å². The number of fused-ring (bicyclic) bond motifs is 1. The van der Waals surface area contributed by atoms with E-state index < -0.39 is 17.8 Å². The van der Waals surface area contributed by atoms with Gasteiger partial charge in [-0.15, -0.1) is 0 Å². The number of aromatic amines is 1. The van der Waals surface area contributed by atoms with Gasteiger partial charge < -0.3 is 19.5 Å². The lowest BCUT2D eigenvalue weighted by Gasteiger charge is -2.30. The van der Waals surface area contributed by atoms with Crippen molar-refractivity contribution in [2.75, 3.05) is 50.8 Å². The second-order valence-electron chi connectivity index (χ2n) is 7.32. The minimum Gasteiger partial charge on any atom is -0.486 e. The number of halogens is 3. The van der Waals surface area contributed by atoms with Gasteiger partial charge in [0, 0.05) is 6.07 Å². The molecule has 1 fully saturated rings. The van der Waals surface area contributed by atoms with Crippen LogP contribution in [0.3, 0.4) is 0 Å². The number of aliphatic hydroxyl groups excluding tert-OH is 1. The fraction of sp³-hybridized carbons (Fsp3) is 0.450. The summed E-state index contributed by atoms with van der Waals surface area (Å²) in [7, 11) is 0. The number of hydrogen-bond acceptors (Lipinski definition) is 4. The van der Waals surface area contributed by atoms with E-state index in [9.17, 15) is 18.3 Å². The molecule has 0 radical (unpaired) electrons. The highest BCUT2D eigenvalue weighted by Crippen LogP contribution is 2.32. The molecule has 0 saturated carbocycles. The van der Waals surface area contributed by atoms with Gasteiger partial charge in [-0.25, -0.2) is 4.98 Å². The highest BCUT2D eigenvalue weighted by Gasteiger charge is 2.33. The summed E-state index contributed by atoms with van der Waals surface area (Å²) in [4.78, 5) is 6.02. The second-order valence-corrected chi connectivity index (χ2v) is 7.32. The zero-order chi connectivity index (χ0) is 20.4. The van der Waals surface area contributed by atoms with Crippen molar-refractivity contribution in [3.8, 4) is 11.5 Å². The van der Waals surface area contributed by atoms with E-state index in [-0.39, 0.29) is 0 Å². The molecule has 1 aromatic heterocycles. The third-order valence-electron chi connectivity index (χ3n) is 5.37. The number of ether oxygens (including phenoxy) is 2. The Morgan fingerprint density at radius 1 is 1.07 bits per heavy atom. The first-order valence-electron chi connectivity index (χ1n) is 9.65. The first-order chi connectivity index (χ1) is 13.9. The van der Waals surface area contributed by atoms with E-state index in [2.05, 4.69) is 4.98 Å². The van der Waals surface area contributed by atoms with E-state index in [0.717, 1.165) is 30.9 Å². The predicted octanol–water partition coefficient (Wildman–Crippen LogP) is 0.729. The molecule has 9 heteroatoms. The fourth-order valence-corrected chi connectivity index (χ4v) is 3.72. The highest BCUT2D eigenvalue weighted by molar-refractivity contribution is 5.44. The smallest absolute Gasteiger partial charge is 0.419 e. The Balaban J connectivity index is 1.32. The number of quaternary nitrogens is 1. The zero-order valence-corrected chi connectivity index (χ0v) is 15.8. The molecule has 4 rings (SSSR count). The molecule has 3 heterocycles. The Hall–Kier alpha value is -2.52. The lowest BCUT2D eigenvalue weighted by atomic mass is 10.1. The van der Waals surface area contributed by atoms with Crippen LogP contribution in [0.2, 0.25) is 0 Å². The molecule has 1 atom stereocenters. The fourth-order valence-electron chi connectivity index (χ4n) is 3.72. The van der Waals surface area contributed by atoms with Gasteiger partial charge in [0.25, 0.3) is 5.82 Å². The van der Waals surface area contributed by atoms with Gasteiger partial charge in [0.2, 0.25) is 0 Å².